The molecule has 30 heavy (non-hydrogen) atoms. The first kappa shape index (κ1) is 19.3. The number of hydrogen-bond donors (Lipinski definition) is 1. The normalized spacial score (nSPS) is 10.7. The first-order valence-electron chi connectivity index (χ1n) is 9.46. The molecule has 0 unspecified atom stereocenters. The molecule has 0 saturated heterocycles. The molecule has 0 aliphatic heterocycles. The first-order chi connectivity index (χ1) is 14.7. The van der Waals surface area contributed by atoms with Crippen LogP contribution in [0.5, 0.6) is 0 Å². The third-order valence-electron chi connectivity index (χ3n) is 4.72. The number of esters is 1. The molecule has 4 aromatic rings. The summed E-state index contributed by atoms with van der Waals surface area (Å²) in [4.78, 5) is 29.1. The second-order valence-corrected chi connectivity index (χ2v) is 6.70. The van der Waals surface area contributed by atoms with Crippen LogP contribution in [0.15, 0.2) is 72.9 Å². The maximum Gasteiger partial charge on any atom is 0.325 e. The van der Waals surface area contributed by atoms with Crippen molar-refractivity contribution >= 4 is 22.9 Å². The van der Waals surface area contributed by atoms with Crippen molar-refractivity contribution in [2.24, 2.45) is 0 Å². The van der Waals surface area contributed by atoms with Crippen LogP contribution in [-0.4, -0.2) is 40.3 Å². The van der Waals surface area contributed by atoms with E-state index in [0.717, 1.165) is 11.1 Å². The second kappa shape index (κ2) is 8.57. The second-order valence-electron chi connectivity index (χ2n) is 6.70. The molecule has 0 fully saturated rings. The van der Waals surface area contributed by atoms with Crippen LogP contribution in [0.4, 0.5) is 0 Å². The smallest absolute Gasteiger partial charge is 0.325 e. The first-order valence-corrected chi connectivity index (χ1v) is 9.46. The average molecular weight is 400 g/mol. The molecule has 7 heteroatoms. The van der Waals surface area contributed by atoms with E-state index in [2.05, 4.69) is 15.2 Å². The molecule has 2 aromatic carbocycles. The monoisotopic (exact) mass is 400 g/mol. The van der Waals surface area contributed by atoms with Crippen LogP contribution in [0, 0.1) is 0 Å². The number of pyridine rings is 1. The number of aromatic nitrogens is 3. The van der Waals surface area contributed by atoms with Crippen molar-refractivity contribution in [2.75, 3.05) is 13.7 Å². The number of nitrogens with one attached hydrogen (secondary N) is 1. The Balaban J connectivity index is 1.79. The highest BCUT2D eigenvalue weighted by molar-refractivity contribution is 6.07. The van der Waals surface area contributed by atoms with Crippen LogP contribution in [0.1, 0.15) is 15.9 Å². The molecule has 0 radical (unpaired) electrons. The number of rotatable bonds is 6. The van der Waals surface area contributed by atoms with E-state index >= 15 is 0 Å². The van der Waals surface area contributed by atoms with Gasteiger partial charge in [0, 0.05) is 5.56 Å². The van der Waals surface area contributed by atoms with Gasteiger partial charge in [0.05, 0.1) is 36.5 Å². The van der Waals surface area contributed by atoms with E-state index in [1.165, 1.54) is 7.11 Å². The average Bonchev–Trinajstić information content (AvgIpc) is 3.20. The van der Waals surface area contributed by atoms with Gasteiger partial charge in [-0.3, -0.25) is 9.59 Å². The SMILES string of the molecule is COC(=O)CNC(=O)c1cc(-c2ccccc2)nc2c1cnn2Cc1ccccc1. The number of carbonyl (C=O) groups is 2. The molecule has 0 saturated carbocycles. The summed E-state index contributed by atoms with van der Waals surface area (Å²) in [6.07, 6.45) is 1.63. The van der Waals surface area contributed by atoms with Crippen molar-refractivity contribution in [3.63, 3.8) is 0 Å². The van der Waals surface area contributed by atoms with Crippen LogP contribution in [-0.2, 0) is 16.1 Å². The summed E-state index contributed by atoms with van der Waals surface area (Å²) < 4.78 is 6.38. The summed E-state index contributed by atoms with van der Waals surface area (Å²) in [6, 6.07) is 21.3. The van der Waals surface area contributed by atoms with E-state index in [0.29, 0.717) is 28.8 Å². The fourth-order valence-corrected chi connectivity index (χ4v) is 3.18. The van der Waals surface area contributed by atoms with Crippen molar-refractivity contribution < 1.29 is 14.3 Å². The van der Waals surface area contributed by atoms with Gasteiger partial charge in [-0.2, -0.15) is 5.10 Å². The summed E-state index contributed by atoms with van der Waals surface area (Å²) in [6.45, 7) is 0.316. The molecule has 0 aliphatic rings. The Kier molecular flexibility index (Phi) is 5.52. The van der Waals surface area contributed by atoms with Crippen molar-refractivity contribution in [3.8, 4) is 11.3 Å². The molecule has 0 bridgehead atoms. The minimum atomic E-state index is -0.517. The Bertz CT molecular complexity index is 1190. The largest absolute Gasteiger partial charge is 0.468 e. The van der Waals surface area contributed by atoms with Crippen LogP contribution in [0.3, 0.4) is 0 Å². The van der Waals surface area contributed by atoms with Gasteiger partial charge in [-0.05, 0) is 11.6 Å². The molecule has 1 N–H and O–H groups in total. The summed E-state index contributed by atoms with van der Waals surface area (Å²) >= 11 is 0. The maximum absolute atomic E-state index is 12.8. The Morgan fingerprint density at radius 1 is 1.03 bits per heavy atom. The molecule has 0 atom stereocenters. The third-order valence-corrected chi connectivity index (χ3v) is 4.72. The molecule has 4 rings (SSSR count). The zero-order valence-electron chi connectivity index (χ0n) is 16.4. The predicted octanol–water partition coefficient (Wildman–Crippen LogP) is 3.05. The van der Waals surface area contributed by atoms with Gasteiger partial charge >= 0.3 is 5.97 Å². The van der Waals surface area contributed by atoms with Crippen molar-refractivity contribution in [2.45, 2.75) is 6.54 Å². The topological polar surface area (TPSA) is 86.1 Å². The van der Waals surface area contributed by atoms with Gasteiger partial charge in [-0.15, -0.1) is 0 Å². The molecule has 2 heterocycles. The molecule has 1 amide bonds. The molecule has 7 nitrogen and oxygen atoms in total. The van der Waals surface area contributed by atoms with Gasteiger partial charge < -0.3 is 10.1 Å². The number of nitrogens with zero attached hydrogens (tertiary/aromatic N) is 3. The van der Waals surface area contributed by atoms with E-state index in [9.17, 15) is 9.59 Å². The number of methoxy groups -OCH3 is 1. The van der Waals surface area contributed by atoms with E-state index in [1.807, 2.05) is 60.7 Å². The standard InChI is InChI=1S/C23H20N4O3/c1-30-21(28)14-24-23(29)18-12-20(17-10-6-3-7-11-17)26-22-19(18)13-25-27(22)15-16-8-4-2-5-9-16/h2-13H,14-15H2,1H3,(H,24,29). The third kappa shape index (κ3) is 4.05. The molecule has 2 aromatic heterocycles. The minimum absolute atomic E-state index is 0.210. The summed E-state index contributed by atoms with van der Waals surface area (Å²) in [7, 11) is 1.28. The van der Waals surface area contributed by atoms with Crippen LogP contribution in [0.25, 0.3) is 22.3 Å². The van der Waals surface area contributed by atoms with Crippen molar-refractivity contribution in [1.29, 1.82) is 0 Å². The predicted molar refractivity (Wildman–Crippen MR) is 113 cm³/mol. The van der Waals surface area contributed by atoms with Crippen molar-refractivity contribution in [1.82, 2.24) is 20.1 Å². The number of amides is 1. The number of benzene rings is 2. The molecular formula is C23H20N4O3. The van der Waals surface area contributed by atoms with E-state index in [1.54, 1.807) is 16.9 Å². The number of hydrogen-bond acceptors (Lipinski definition) is 5. The van der Waals surface area contributed by atoms with Gasteiger partial charge in [-0.1, -0.05) is 60.7 Å². The molecule has 0 aliphatic carbocycles. The van der Waals surface area contributed by atoms with E-state index in [-0.39, 0.29) is 12.5 Å². The number of carbonyl (C=O) groups excluding carboxylic acids is 2. The van der Waals surface area contributed by atoms with Crippen LogP contribution in [0.2, 0.25) is 0 Å². The maximum atomic E-state index is 12.8. The molecule has 150 valence electrons. The lowest BCUT2D eigenvalue weighted by atomic mass is 10.1. The van der Waals surface area contributed by atoms with Gasteiger partial charge in [0.25, 0.3) is 5.91 Å². The summed E-state index contributed by atoms with van der Waals surface area (Å²) in [5.74, 6) is -0.902. The minimum Gasteiger partial charge on any atom is -0.468 e. The number of ether oxygens (including phenoxy) is 1. The highest BCUT2D eigenvalue weighted by Crippen LogP contribution is 2.25. The summed E-state index contributed by atoms with van der Waals surface area (Å²) in [5, 5.41) is 7.68. The lowest BCUT2D eigenvalue weighted by molar-refractivity contribution is -0.139. The lowest BCUT2D eigenvalue weighted by Crippen LogP contribution is -2.30. The fourth-order valence-electron chi connectivity index (χ4n) is 3.18. The van der Waals surface area contributed by atoms with Gasteiger partial charge in [0.15, 0.2) is 5.65 Å². The van der Waals surface area contributed by atoms with E-state index < -0.39 is 5.97 Å². The lowest BCUT2D eigenvalue weighted by Gasteiger charge is -2.09. The van der Waals surface area contributed by atoms with Crippen LogP contribution >= 0.6 is 0 Å². The van der Waals surface area contributed by atoms with Gasteiger partial charge in [0.1, 0.15) is 6.54 Å². The Morgan fingerprint density at radius 2 is 1.73 bits per heavy atom. The highest BCUT2D eigenvalue weighted by atomic mass is 16.5. The fraction of sp³-hybridized carbons (Fsp3) is 0.130. The van der Waals surface area contributed by atoms with Crippen LogP contribution < -0.4 is 5.32 Å². The van der Waals surface area contributed by atoms with Gasteiger partial charge in [0.2, 0.25) is 0 Å². The van der Waals surface area contributed by atoms with E-state index in [4.69, 9.17) is 4.98 Å². The Labute approximate surface area is 173 Å². The highest BCUT2D eigenvalue weighted by Gasteiger charge is 2.18. The zero-order valence-corrected chi connectivity index (χ0v) is 16.4. The Hall–Kier alpha value is -4.00. The zero-order chi connectivity index (χ0) is 20.9. The molecule has 0 spiro atoms. The Morgan fingerprint density at radius 3 is 2.43 bits per heavy atom. The number of fused-ring (bicyclic) bond motifs is 1. The van der Waals surface area contributed by atoms with Crippen molar-refractivity contribution in [3.05, 3.63) is 84.1 Å². The van der Waals surface area contributed by atoms with Gasteiger partial charge in [-0.25, -0.2) is 9.67 Å². The quantitative estimate of drug-likeness (QED) is 0.503. The summed E-state index contributed by atoms with van der Waals surface area (Å²) in [5.41, 5.74) is 3.62. The molecular weight excluding hydrogens is 380 g/mol.